The van der Waals surface area contributed by atoms with Crippen LogP contribution in [-0.4, -0.2) is 5.91 Å². The number of carbonyl (C=O) groups excluding carboxylic acids is 1. The molecule has 0 bridgehead atoms. The number of nitrogens with zero attached hydrogens (tertiary/aromatic N) is 1. The molecule has 1 aliphatic carbocycles. The van der Waals surface area contributed by atoms with Crippen molar-refractivity contribution in [1.82, 2.24) is 0 Å². The minimum Gasteiger partial charge on any atom is -0.323 e. The molecule has 1 saturated carbocycles. The molecular weight excluding hydrogens is 223 g/mol. The zero-order valence-electron chi connectivity index (χ0n) is 9.44. The van der Waals surface area contributed by atoms with Crippen molar-refractivity contribution < 1.29 is 9.18 Å². The van der Waals surface area contributed by atoms with Crippen molar-refractivity contribution in [3.05, 3.63) is 34.5 Å². The summed E-state index contributed by atoms with van der Waals surface area (Å²) < 4.78 is 13.5. The van der Waals surface area contributed by atoms with Crippen LogP contribution in [0.4, 0.5) is 10.1 Å². The summed E-state index contributed by atoms with van der Waals surface area (Å²) in [6.45, 7) is 1.62. The first-order chi connectivity index (χ1) is 8.11. The maximum Gasteiger partial charge on any atom is 0.227 e. The van der Waals surface area contributed by atoms with Gasteiger partial charge in [-0.1, -0.05) is 11.2 Å². The smallest absolute Gasteiger partial charge is 0.227 e. The molecule has 0 aliphatic heterocycles. The number of hydrogen-bond donors (Lipinski definition) is 1. The summed E-state index contributed by atoms with van der Waals surface area (Å²) in [5.74, 6) is -0.645. The zero-order chi connectivity index (χ0) is 12.4. The summed E-state index contributed by atoms with van der Waals surface area (Å²) in [7, 11) is 0. The first kappa shape index (κ1) is 11.7. The molecule has 1 N–H and O–H groups in total. The Morgan fingerprint density at radius 3 is 2.82 bits per heavy atom. The molecule has 1 aromatic rings. The first-order valence-electron chi connectivity index (χ1n) is 5.54. The van der Waals surface area contributed by atoms with Crippen LogP contribution in [-0.2, 0) is 4.79 Å². The minimum atomic E-state index is -0.549. The van der Waals surface area contributed by atoms with Crippen LogP contribution >= 0.6 is 0 Å². The molecule has 1 atom stereocenters. The van der Waals surface area contributed by atoms with Crippen LogP contribution in [0.25, 0.3) is 0 Å². The van der Waals surface area contributed by atoms with Gasteiger partial charge in [-0.2, -0.15) is 4.91 Å². The highest BCUT2D eigenvalue weighted by atomic mass is 19.1. The third-order valence-electron chi connectivity index (χ3n) is 2.84. The largest absolute Gasteiger partial charge is 0.323 e. The number of anilines is 1. The standard InChI is InChI=1S/C12H13FN2O2/c1-7(15-17)9-4-5-10(13)11(6-9)14-12(16)8-2-3-8/h4-8H,2-3H2,1H3,(H,14,16). The fourth-order valence-electron chi connectivity index (χ4n) is 1.54. The van der Waals surface area contributed by atoms with E-state index in [0.29, 0.717) is 5.56 Å². The van der Waals surface area contributed by atoms with E-state index >= 15 is 0 Å². The molecule has 0 radical (unpaired) electrons. The molecule has 1 aliphatic rings. The van der Waals surface area contributed by atoms with Crippen LogP contribution < -0.4 is 5.32 Å². The number of rotatable bonds is 4. The van der Waals surface area contributed by atoms with Crippen molar-refractivity contribution in [2.24, 2.45) is 11.1 Å². The Balaban J connectivity index is 2.19. The second-order valence-electron chi connectivity index (χ2n) is 4.28. The predicted octanol–water partition coefficient (Wildman–Crippen LogP) is 3.00. The topological polar surface area (TPSA) is 58.5 Å². The van der Waals surface area contributed by atoms with Crippen LogP contribution in [0, 0.1) is 16.6 Å². The monoisotopic (exact) mass is 236 g/mol. The molecule has 90 valence electrons. The molecule has 5 heteroatoms. The molecule has 1 fully saturated rings. The Hall–Kier alpha value is -1.78. The number of nitroso groups, excluding NO2 is 1. The Labute approximate surface area is 98.2 Å². The van der Waals surface area contributed by atoms with Crippen molar-refractivity contribution in [2.45, 2.75) is 25.8 Å². The van der Waals surface area contributed by atoms with E-state index in [4.69, 9.17) is 0 Å². The van der Waals surface area contributed by atoms with Crippen molar-refractivity contribution in [3.63, 3.8) is 0 Å². The van der Waals surface area contributed by atoms with E-state index in [9.17, 15) is 14.1 Å². The van der Waals surface area contributed by atoms with E-state index in [0.717, 1.165) is 12.8 Å². The molecule has 4 nitrogen and oxygen atoms in total. The molecule has 0 aromatic heterocycles. The van der Waals surface area contributed by atoms with Gasteiger partial charge in [-0.05, 0) is 37.5 Å². The number of hydrogen-bond acceptors (Lipinski definition) is 3. The van der Waals surface area contributed by atoms with Crippen molar-refractivity contribution in [3.8, 4) is 0 Å². The van der Waals surface area contributed by atoms with Crippen molar-refractivity contribution in [1.29, 1.82) is 0 Å². The van der Waals surface area contributed by atoms with Crippen LogP contribution in [0.3, 0.4) is 0 Å². The Bertz CT molecular complexity index is 458. The van der Waals surface area contributed by atoms with Gasteiger partial charge < -0.3 is 5.32 Å². The lowest BCUT2D eigenvalue weighted by molar-refractivity contribution is -0.117. The van der Waals surface area contributed by atoms with Gasteiger partial charge in [-0.15, -0.1) is 0 Å². The van der Waals surface area contributed by atoms with Gasteiger partial charge in [0.1, 0.15) is 11.9 Å². The Kier molecular flexibility index (Phi) is 3.17. The highest BCUT2D eigenvalue weighted by Gasteiger charge is 2.30. The van der Waals surface area contributed by atoms with E-state index < -0.39 is 11.9 Å². The first-order valence-corrected chi connectivity index (χ1v) is 5.54. The molecule has 1 amide bonds. The van der Waals surface area contributed by atoms with Gasteiger partial charge >= 0.3 is 0 Å². The molecule has 0 spiro atoms. The lowest BCUT2D eigenvalue weighted by Crippen LogP contribution is -2.14. The van der Waals surface area contributed by atoms with Crippen LogP contribution in [0.15, 0.2) is 23.4 Å². The van der Waals surface area contributed by atoms with Gasteiger partial charge in [-0.3, -0.25) is 4.79 Å². The van der Waals surface area contributed by atoms with Gasteiger partial charge in [0.15, 0.2) is 0 Å². The van der Waals surface area contributed by atoms with E-state index in [1.165, 1.54) is 18.2 Å². The summed E-state index contributed by atoms with van der Waals surface area (Å²) in [6, 6.07) is 3.64. The predicted molar refractivity (Wildman–Crippen MR) is 62.0 cm³/mol. The maximum atomic E-state index is 13.5. The van der Waals surface area contributed by atoms with Gasteiger partial charge in [0.25, 0.3) is 0 Å². The highest BCUT2D eigenvalue weighted by molar-refractivity contribution is 5.94. The second kappa shape index (κ2) is 4.61. The Morgan fingerprint density at radius 2 is 2.24 bits per heavy atom. The number of halogens is 1. The molecule has 2 rings (SSSR count). The lowest BCUT2D eigenvalue weighted by atomic mass is 10.1. The third kappa shape index (κ3) is 2.67. The van der Waals surface area contributed by atoms with Crippen molar-refractivity contribution in [2.75, 3.05) is 5.32 Å². The number of nitrogens with one attached hydrogen (secondary N) is 1. The van der Waals surface area contributed by atoms with E-state index in [-0.39, 0.29) is 17.5 Å². The minimum absolute atomic E-state index is 0.0136. The number of amides is 1. The highest BCUT2D eigenvalue weighted by Crippen LogP contribution is 2.31. The summed E-state index contributed by atoms with van der Waals surface area (Å²) in [4.78, 5) is 21.9. The van der Waals surface area contributed by atoms with Gasteiger partial charge in [0.2, 0.25) is 5.91 Å². The number of carbonyl (C=O) groups is 1. The molecular formula is C12H13FN2O2. The average molecular weight is 236 g/mol. The normalized spacial score (nSPS) is 16.4. The van der Waals surface area contributed by atoms with Gasteiger partial charge in [0.05, 0.1) is 5.69 Å². The van der Waals surface area contributed by atoms with Gasteiger partial charge in [0, 0.05) is 5.92 Å². The summed E-state index contributed by atoms with van der Waals surface area (Å²) in [5.41, 5.74) is 0.711. The van der Waals surface area contributed by atoms with Crippen LogP contribution in [0.2, 0.25) is 0 Å². The van der Waals surface area contributed by atoms with Gasteiger partial charge in [-0.25, -0.2) is 4.39 Å². The van der Waals surface area contributed by atoms with Crippen LogP contribution in [0.1, 0.15) is 31.4 Å². The fourth-order valence-corrected chi connectivity index (χ4v) is 1.54. The molecule has 0 saturated heterocycles. The fraction of sp³-hybridized carbons (Fsp3) is 0.417. The summed E-state index contributed by atoms with van der Waals surface area (Å²) in [5, 5.41) is 5.40. The zero-order valence-corrected chi connectivity index (χ0v) is 9.44. The molecule has 1 unspecified atom stereocenters. The summed E-state index contributed by atoms with van der Waals surface area (Å²) in [6.07, 6.45) is 1.72. The van der Waals surface area contributed by atoms with E-state index in [1.807, 2.05) is 0 Å². The quantitative estimate of drug-likeness (QED) is 0.817. The van der Waals surface area contributed by atoms with E-state index in [2.05, 4.69) is 10.5 Å². The average Bonchev–Trinajstić information content (AvgIpc) is 3.14. The second-order valence-corrected chi connectivity index (χ2v) is 4.28. The van der Waals surface area contributed by atoms with Crippen LogP contribution in [0.5, 0.6) is 0 Å². The number of benzene rings is 1. The maximum absolute atomic E-state index is 13.5. The Morgan fingerprint density at radius 1 is 1.53 bits per heavy atom. The lowest BCUT2D eigenvalue weighted by Gasteiger charge is -2.09. The SMILES string of the molecule is CC(N=O)c1ccc(F)c(NC(=O)C2CC2)c1. The third-order valence-corrected chi connectivity index (χ3v) is 2.84. The molecule has 1 aromatic carbocycles. The van der Waals surface area contributed by atoms with E-state index in [1.54, 1.807) is 6.92 Å². The molecule has 0 heterocycles. The molecule has 17 heavy (non-hydrogen) atoms. The summed E-state index contributed by atoms with van der Waals surface area (Å²) >= 11 is 0. The van der Waals surface area contributed by atoms with Crippen molar-refractivity contribution >= 4 is 11.6 Å².